The molecule has 160 valence electrons. The summed E-state index contributed by atoms with van der Waals surface area (Å²) in [6.07, 6.45) is 8.01. The van der Waals surface area contributed by atoms with Gasteiger partial charge in [-0.2, -0.15) is 5.10 Å². The van der Waals surface area contributed by atoms with E-state index in [9.17, 15) is 9.59 Å². The van der Waals surface area contributed by atoms with Gasteiger partial charge in [0.15, 0.2) is 0 Å². The molecule has 0 radical (unpaired) electrons. The summed E-state index contributed by atoms with van der Waals surface area (Å²) < 4.78 is 1.87. The van der Waals surface area contributed by atoms with E-state index in [1.54, 1.807) is 6.20 Å². The highest BCUT2D eigenvalue weighted by Gasteiger charge is 2.50. The number of aromatic nitrogens is 2. The minimum Gasteiger partial charge on any atom is -0.341 e. The molecule has 7 heteroatoms. The van der Waals surface area contributed by atoms with Crippen molar-refractivity contribution < 1.29 is 9.59 Å². The standard InChI is InChI=1S/C22H35N5O2/c1-4-27-17(2)18(16-23-27)20(28)26-14-9-22(10-15-26)8-7-11-24(3)19(22)21(29)25-12-5-6-13-25/h16,19H,4-15H2,1-3H3. The van der Waals surface area contributed by atoms with Crippen LogP contribution >= 0.6 is 0 Å². The molecule has 1 aromatic heterocycles. The summed E-state index contributed by atoms with van der Waals surface area (Å²) in [6, 6.07) is -0.0313. The molecule has 1 spiro atoms. The largest absolute Gasteiger partial charge is 0.341 e. The molecular weight excluding hydrogens is 366 g/mol. The zero-order chi connectivity index (χ0) is 20.6. The lowest BCUT2D eigenvalue weighted by Crippen LogP contribution is -2.61. The van der Waals surface area contributed by atoms with E-state index in [1.165, 1.54) is 0 Å². The molecule has 0 aromatic carbocycles. The summed E-state index contributed by atoms with van der Waals surface area (Å²) in [6.45, 7) is 9.04. The number of likely N-dealkylation sites (tertiary alicyclic amines) is 3. The Kier molecular flexibility index (Phi) is 5.69. The maximum atomic E-state index is 13.4. The van der Waals surface area contributed by atoms with Crippen molar-refractivity contribution in [2.75, 3.05) is 39.8 Å². The molecular formula is C22H35N5O2. The Hall–Kier alpha value is -1.89. The molecule has 7 nitrogen and oxygen atoms in total. The third-order valence-electron chi connectivity index (χ3n) is 7.54. The van der Waals surface area contributed by atoms with Crippen LogP contribution in [0.4, 0.5) is 0 Å². The van der Waals surface area contributed by atoms with Crippen LogP contribution in [0.3, 0.4) is 0 Å². The van der Waals surface area contributed by atoms with Crippen molar-refractivity contribution in [3.05, 3.63) is 17.5 Å². The Morgan fingerprint density at radius 3 is 2.34 bits per heavy atom. The number of amides is 2. The van der Waals surface area contributed by atoms with Gasteiger partial charge in [0.05, 0.1) is 17.8 Å². The first-order valence-electron chi connectivity index (χ1n) is 11.3. The Bertz CT molecular complexity index is 759. The van der Waals surface area contributed by atoms with E-state index in [0.29, 0.717) is 11.5 Å². The number of nitrogens with zero attached hydrogens (tertiary/aromatic N) is 5. The number of aryl methyl sites for hydroxylation is 1. The fourth-order valence-electron chi connectivity index (χ4n) is 5.80. The number of likely N-dealkylation sites (N-methyl/N-ethyl adjacent to an activating group) is 1. The van der Waals surface area contributed by atoms with Crippen LogP contribution in [0.2, 0.25) is 0 Å². The fraction of sp³-hybridized carbons (Fsp3) is 0.773. The van der Waals surface area contributed by atoms with Gasteiger partial charge in [0, 0.05) is 38.4 Å². The second kappa shape index (κ2) is 8.09. The SMILES string of the molecule is CCn1ncc(C(=O)N2CCC3(CCCN(C)C3C(=O)N3CCCC3)CC2)c1C. The van der Waals surface area contributed by atoms with Gasteiger partial charge in [-0.3, -0.25) is 19.2 Å². The lowest BCUT2D eigenvalue weighted by molar-refractivity contribution is -0.145. The highest BCUT2D eigenvalue weighted by atomic mass is 16.2. The lowest BCUT2D eigenvalue weighted by atomic mass is 9.66. The van der Waals surface area contributed by atoms with Gasteiger partial charge in [0.1, 0.15) is 0 Å². The Labute approximate surface area is 174 Å². The molecule has 3 aliphatic rings. The summed E-state index contributed by atoms with van der Waals surface area (Å²) in [4.78, 5) is 32.8. The first kappa shape index (κ1) is 20.4. The summed E-state index contributed by atoms with van der Waals surface area (Å²) in [7, 11) is 2.11. The van der Waals surface area contributed by atoms with Gasteiger partial charge in [0.2, 0.25) is 5.91 Å². The Morgan fingerprint density at radius 2 is 1.72 bits per heavy atom. The minimum atomic E-state index is -0.0313. The number of rotatable bonds is 3. The van der Waals surface area contributed by atoms with Gasteiger partial charge in [0.25, 0.3) is 5.91 Å². The van der Waals surface area contributed by atoms with Gasteiger partial charge in [-0.15, -0.1) is 0 Å². The van der Waals surface area contributed by atoms with Gasteiger partial charge in [-0.1, -0.05) is 0 Å². The molecule has 0 bridgehead atoms. The quantitative estimate of drug-likeness (QED) is 0.779. The van der Waals surface area contributed by atoms with E-state index in [4.69, 9.17) is 0 Å². The van der Waals surface area contributed by atoms with Crippen LogP contribution in [-0.4, -0.2) is 82.1 Å². The first-order chi connectivity index (χ1) is 14.0. The highest BCUT2D eigenvalue weighted by molar-refractivity contribution is 5.95. The van der Waals surface area contributed by atoms with Crippen molar-refractivity contribution in [2.24, 2.45) is 5.41 Å². The van der Waals surface area contributed by atoms with Crippen LogP contribution in [0.25, 0.3) is 0 Å². The van der Waals surface area contributed by atoms with Crippen molar-refractivity contribution in [2.45, 2.75) is 65.0 Å². The minimum absolute atomic E-state index is 0.00605. The Morgan fingerprint density at radius 1 is 1.03 bits per heavy atom. The molecule has 1 aromatic rings. The molecule has 4 heterocycles. The first-order valence-corrected chi connectivity index (χ1v) is 11.3. The monoisotopic (exact) mass is 401 g/mol. The molecule has 29 heavy (non-hydrogen) atoms. The van der Waals surface area contributed by atoms with Crippen LogP contribution in [-0.2, 0) is 11.3 Å². The molecule has 2 amide bonds. The third-order valence-corrected chi connectivity index (χ3v) is 7.54. The molecule has 3 saturated heterocycles. The normalized spacial score (nSPS) is 25.0. The molecule has 1 unspecified atom stereocenters. The van der Waals surface area contributed by atoms with Crippen molar-refractivity contribution in [1.29, 1.82) is 0 Å². The predicted molar refractivity (Wildman–Crippen MR) is 112 cm³/mol. The zero-order valence-corrected chi connectivity index (χ0v) is 18.2. The van der Waals surface area contributed by atoms with Crippen molar-refractivity contribution in [1.82, 2.24) is 24.5 Å². The van der Waals surface area contributed by atoms with E-state index < -0.39 is 0 Å². The number of carbonyl (C=O) groups is 2. The van der Waals surface area contributed by atoms with Crippen LogP contribution in [0, 0.1) is 12.3 Å². The molecule has 4 rings (SSSR count). The van der Waals surface area contributed by atoms with Crippen molar-refractivity contribution >= 4 is 11.8 Å². The number of hydrogen-bond acceptors (Lipinski definition) is 4. The predicted octanol–water partition coefficient (Wildman–Crippen LogP) is 2.15. The third kappa shape index (κ3) is 3.58. The van der Waals surface area contributed by atoms with E-state index in [0.717, 1.165) is 83.5 Å². The average Bonchev–Trinajstić information content (AvgIpc) is 3.38. The maximum absolute atomic E-state index is 13.4. The van der Waals surface area contributed by atoms with E-state index >= 15 is 0 Å². The van der Waals surface area contributed by atoms with Gasteiger partial charge >= 0.3 is 0 Å². The van der Waals surface area contributed by atoms with Gasteiger partial charge in [-0.05, 0) is 71.4 Å². The summed E-state index contributed by atoms with van der Waals surface area (Å²) in [5, 5.41) is 4.34. The summed E-state index contributed by atoms with van der Waals surface area (Å²) in [5.41, 5.74) is 1.66. The van der Waals surface area contributed by atoms with Gasteiger partial charge in [-0.25, -0.2) is 0 Å². The van der Waals surface area contributed by atoms with Crippen LogP contribution < -0.4 is 0 Å². The van der Waals surface area contributed by atoms with Crippen molar-refractivity contribution in [3.8, 4) is 0 Å². The second-order valence-corrected chi connectivity index (χ2v) is 9.13. The lowest BCUT2D eigenvalue weighted by Gasteiger charge is -2.52. The zero-order valence-electron chi connectivity index (χ0n) is 18.2. The molecule has 0 saturated carbocycles. The topological polar surface area (TPSA) is 61.7 Å². The van der Waals surface area contributed by atoms with Crippen LogP contribution in [0.5, 0.6) is 0 Å². The summed E-state index contributed by atoms with van der Waals surface area (Å²) >= 11 is 0. The second-order valence-electron chi connectivity index (χ2n) is 9.13. The fourth-order valence-corrected chi connectivity index (χ4v) is 5.80. The van der Waals surface area contributed by atoms with Crippen molar-refractivity contribution in [3.63, 3.8) is 0 Å². The average molecular weight is 402 g/mol. The Balaban J connectivity index is 1.49. The molecule has 0 N–H and O–H groups in total. The van der Waals surface area contributed by atoms with Gasteiger partial charge < -0.3 is 9.80 Å². The molecule has 1 atom stereocenters. The smallest absolute Gasteiger partial charge is 0.257 e. The maximum Gasteiger partial charge on any atom is 0.257 e. The molecule has 3 aliphatic heterocycles. The van der Waals surface area contributed by atoms with E-state index in [1.807, 2.05) is 23.4 Å². The van der Waals surface area contributed by atoms with Crippen LogP contribution in [0.1, 0.15) is 61.5 Å². The van der Waals surface area contributed by atoms with E-state index in [-0.39, 0.29) is 17.4 Å². The van der Waals surface area contributed by atoms with Crippen LogP contribution in [0.15, 0.2) is 6.20 Å². The highest BCUT2D eigenvalue weighted by Crippen LogP contribution is 2.45. The molecule has 0 aliphatic carbocycles. The van der Waals surface area contributed by atoms with E-state index in [2.05, 4.69) is 21.9 Å². The molecule has 3 fully saturated rings. The number of hydrogen-bond donors (Lipinski definition) is 0. The summed E-state index contributed by atoms with van der Waals surface area (Å²) in [5.74, 6) is 0.410. The number of piperidine rings is 2. The number of carbonyl (C=O) groups excluding carboxylic acids is 2.